The van der Waals surface area contributed by atoms with Gasteiger partial charge in [0.2, 0.25) is 10.0 Å². The zero-order valence-corrected chi connectivity index (χ0v) is 22.7. The summed E-state index contributed by atoms with van der Waals surface area (Å²) in [7, 11) is -3.93. The predicted molar refractivity (Wildman–Crippen MR) is 148 cm³/mol. The van der Waals surface area contributed by atoms with Crippen molar-refractivity contribution >= 4 is 44.4 Å². The van der Waals surface area contributed by atoms with Crippen LogP contribution in [0.25, 0.3) is 11.2 Å². The lowest BCUT2D eigenvalue weighted by Crippen LogP contribution is -2.37. The van der Waals surface area contributed by atoms with E-state index < -0.39 is 16.3 Å². The largest absolute Gasteiger partial charge is 0.376 e. The Hall–Kier alpha value is -3.32. The fraction of sp³-hybridized carbons (Fsp3) is 0.385. The van der Waals surface area contributed by atoms with Crippen LogP contribution in [0.15, 0.2) is 53.9 Å². The monoisotopic (exact) mass is 568 g/mol. The molecule has 0 spiro atoms. The molecule has 1 aromatic carbocycles. The lowest BCUT2D eigenvalue weighted by atomic mass is 9.92. The maximum atomic E-state index is 12.6. The first-order chi connectivity index (χ1) is 18.9. The van der Waals surface area contributed by atoms with Gasteiger partial charge in [-0.3, -0.25) is 0 Å². The number of fused-ring (bicyclic) bond motifs is 2. The van der Waals surface area contributed by atoms with Crippen LogP contribution in [-0.2, 0) is 23.0 Å². The first-order valence-corrected chi connectivity index (χ1v) is 14.8. The molecule has 2 aliphatic heterocycles. The standard InChI is InChI=1S/C26H29ClN8O3S/c27-19-4-6-20(7-5-19)39(37,38)33-22(36)14-35-16-31-23-25(29-15-30-26(23)35)34-12-9-17(10-13-34)21-8-3-18-2-1-11-28-24(18)32-21/h3-8,15-17,22,33,36H,1-2,9-14H2,(H,28,32). The summed E-state index contributed by atoms with van der Waals surface area (Å²) in [6.07, 6.45) is 5.74. The average Bonchev–Trinajstić information content (AvgIpc) is 3.35. The smallest absolute Gasteiger partial charge is 0.242 e. The third-order valence-corrected chi connectivity index (χ3v) is 9.02. The number of piperidine rings is 1. The van der Waals surface area contributed by atoms with Crippen LogP contribution in [0.4, 0.5) is 11.6 Å². The van der Waals surface area contributed by atoms with Crippen LogP contribution in [0.5, 0.6) is 0 Å². The number of hydrogen-bond acceptors (Lipinski definition) is 9. The summed E-state index contributed by atoms with van der Waals surface area (Å²) in [5.41, 5.74) is 3.56. The molecule has 39 heavy (non-hydrogen) atoms. The van der Waals surface area contributed by atoms with Gasteiger partial charge in [0.15, 0.2) is 17.0 Å². The summed E-state index contributed by atoms with van der Waals surface area (Å²) in [6, 6.07) is 10.1. The van der Waals surface area contributed by atoms with Gasteiger partial charge in [0.1, 0.15) is 18.4 Å². The van der Waals surface area contributed by atoms with E-state index in [1.54, 1.807) is 10.9 Å². The number of nitrogens with zero attached hydrogens (tertiary/aromatic N) is 6. The molecule has 0 bridgehead atoms. The van der Waals surface area contributed by atoms with E-state index in [1.807, 2.05) is 0 Å². The Kier molecular flexibility index (Phi) is 7.10. The number of sulfonamides is 1. The molecule has 6 rings (SSSR count). The Labute approximate surface area is 231 Å². The minimum Gasteiger partial charge on any atom is -0.376 e. The second-order valence-electron chi connectivity index (χ2n) is 9.89. The van der Waals surface area contributed by atoms with Crippen LogP contribution in [0.1, 0.15) is 36.4 Å². The summed E-state index contributed by atoms with van der Waals surface area (Å²) in [4.78, 5) is 20.5. The van der Waals surface area contributed by atoms with E-state index in [4.69, 9.17) is 16.6 Å². The number of aliphatic hydroxyl groups is 1. The van der Waals surface area contributed by atoms with Crippen molar-refractivity contribution in [2.75, 3.05) is 29.9 Å². The summed E-state index contributed by atoms with van der Waals surface area (Å²) in [6.45, 7) is 2.52. The van der Waals surface area contributed by atoms with Crippen LogP contribution >= 0.6 is 11.6 Å². The summed E-state index contributed by atoms with van der Waals surface area (Å²) >= 11 is 5.85. The average molecular weight is 569 g/mol. The van der Waals surface area contributed by atoms with Crippen molar-refractivity contribution in [3.63, 3.8) is 0 Å². The number of pyridine rings is 1. The van der Waals surface area contributed by atoms with Crippen molar-refractivity contribution in [3.8, 4) is 0 Å². The minimum absolute atomic E-state index is 0.0105. The highest BCUT2D eigenvalue weighted by atomic mass is 35.5. The Morgan fingerprint density at radius 3 is 2.69 bits per heavy atom. The molecule has 1 saturated heterocycles. The first kappa shape index (κ1) is 25.9. The molecule has 5 heterocycles. The zero-order valence-electron chi connectivity index (χ0n) is 21.2. The SMILES string of the molecule is O=S(=O)(NC(O)Cn1cnc2c(N3CCC(c4ccc5c(n4)NCCC5)CC3)ncnc21)c1ccc(Cl)cc1. The van der Waals surface area contributed by atoms with E-state index in [1.165, 1.54) is 36.2 Å². The van der Waals surface area contributed by atoms with Gasteiger partial charge in [-0.15, -0.1) is 0 Å². The van der Waals surface area contributed by atoms with E-state index in [0.717, 1.165) is 62.6 Å². The number of benzene rings is 1. The topological polar surface area (TPSA) is 138 Å². The van der Waals surface area contributed by atoms with Gasteiger partial charge in [-0.25, -0.2) is 28.4 Å². The summed E-state index contributed by atoms with van der Waals surface area (Å²) in [5.74, 6) is 2.14. The highest BCUT2D eigenvalue weighted by Gasteiger charge is 2.26. The third-order valence-electron chi connectivity index (χ3n) is 7.30. The zero-order chi connectivity index (χ0) is 27.0. The number of halogens is 1. The molecule has 0 amide bonds. The van der Waals surface area contributed by atoms with Crippen LogP contribution in [0, 0.1) is 0 Å². The lowest BCUT2D eigenvalue weighted by Gasteiger charge is -2.33. The van der Waals surface area contributed by atoms with Gasteiger partial charge in [0, 0.05) is 36.3 Å². The molecule has 11 nitrogen and oxygen atoms in total. The molecule has 13 heteroatoms. The molecule has 204 valence electrons. The highest BCUT2D eigenvalue weighted by Crippen LogP contribution is 2.32. The lowest BCUT2D eigenvalue weighted by molar-refractivity contribution is 0.144. The van der Waals surface area contributed by atoms with Crippen LogP contribution in [-0.4, -0.2) is 63.9 Å². The molecular weight excluding hydrogens is 540 g/mol. The van der Waals surface area contributed by atoms with E-state index >= 15 is 0 Å². The maximum Gasteiger partial charge on any atom is 0.242 e. The van der Waals surface area contributed by atoms with Crippen molar-refractivity contribution in [1.82, 2.24) is 29.2 Å². The number of imidazole rings is 1. The molecule has 2 aliphatic rings. The Morgan fingerprint density at radius 2 is 1.90 bits per heavy atom. The van der Waals surface area contributed by atoms with Gasteiger partial charge in [0.25, 0.3) is 0 Å². The number of aliphatic hydroxyl groups excluding tert-OH is 1. The molecule has 0 radical (unpaired) electrons. The quantitative estimate of drug-likeness (QED) is 0.287. The molecule has 0 aliphatic carbocycles. The fourth-order valence-electron chi connectivity index (χ4n) is 5.28. The van der Waals surface area contributed by atoms with Crippen molar-refractivity contribution in [3.05, 3.63) is 65.3 Å². The molecule has 3 aromatic heterocycles. The number of aryl methyl sites for hydroxylation is 1. The number of aromatic nitrogens is 5. The number of nitrogens with one attached hydrogen (secondary N) is 2. The predicted octanol–water partition coefficient (Wildman–Crippen LogP) is 2.91. The van der Waals surface area contributed by atoms with E-state index in [2.05, 4.69) is 42.0 Å². The molecule has 1 fully saturated rings. The second-order valence-corrected chi connectivity index (χ2v) is 12.0. The van der Waals surface area contributed by atoms with Gasteiger partial charge in [-0.05, 0) is 61.6 Å². The van der Waals surface area contributed by atoms with E-state index in [-0.39, 0.29) is 11.4 Å². The van der Waals surface area contributed by atoms with Crippen molar-refractivity contribution in [1.29, 1.82) is 0 Å². The van der Waals surface area contributed by atoms with Gasteiger partial charge in [0.05, 0.1) is 17.8 Å². The fourth-order valence-corrected chi connectivity index (χ4v) is 6.46. The van der Waals surface area contributed by atoms with E-state index in [0.29, 0.717) is 22.1 Å². The van der Waals surface area contributed by atoms with Crippen LogP contribution in [0.3, 0.4) is 0 Å². The van der Waals surface area contributed by atoms with E-state index in [9.17, 15) is 13.5 Å². The normalized spacial score (nSPS) is 17.1. The second kappa shape index (κ2) is 10.7. The third kappa shape index (κ3) is 5.42. The van der Waals surface area contributed by atoms with Crippen LogP contribution in [0.2, 0.25) is 5.02 Å². The Bertz CT molecular complexity index is 1590. The summed E-state index contributed by atoms with van der Waals surface area (Å²) in [5, 5.41) is 14.4. The first-order valence-electron chi connectivity index (χ1n) is 13.0. The molecular formula is C26H29ClN8O3S. The molecule has 3 N–H and O–H groups in total. The van der Waals surface area contributed by atoms with Gasteiger partial charge in [-0.1, -0.05) is 17.7 Å². The van der Waals surface area contributed by atoms with Crippen molar-refractivity contribution in [2.24, 2.45) is 0 Å². The molecule has 0 saturated carbocycles. The van der Waals surface area contributed by atoms with Gasteiger partial charge < -0.3 is 19.9 Å². The van der Waals surface area contributed by atoms with Crippen molar-refractivity contribution < 1.29 is 13.5 Å². The molecule has 1 unspecified atom stereocenters. The van der Waals surface area contributed by atoms with Gasteiger partial charge >= 0.3 is 0 Å². The number of anilines is 2. The van der Waals surface area contributed by atoms with Crippen LogP contribution < -0.4 is 14.9 Å². The molecule has 4 aromatic rings. The molecule has 1 atom stereocenters. The van der Waals surface area contributed by atoms with Crippen molar-refractivity contribution in [2.45, 2.75) is 49.3 Å². The number of rotatable bonds is 7. The maximum absolute atomic E-state index is 12.6. The number of hydrogen-bond donors (Lipinski definition) is 3. The Morgan fingerprint density at radius 1 is 1.10 bits per heavy atom. The summed E-state index contributed by atoms with van der Waals surface area (Å²) < 4.78 is 29.2. The highest BCUT2D eigenvalue weighted by molar-refractivity contribution is 7.89. The Balaban J connectivity index is 1.13. The van der Waals surface area contributed by atoms with Gasteiger partial charge in [-0.2, -0.15) is 4.72 Å². The minimum atomic E-state index is -3.93.